The lowest BCUT2D eigenvalue weighted by Crippen LogP contribution is -2.14. The zero-order valence-corrected chi connectivity index (χ0v) is 12.9. The van der Waals surface area contributed by atoms with Crippen LogP contribution in [-0.4, -0.2) is 24.9 Å². The average molecular weight is 277 g/mol. The Hall–Kier alpha value is -1.72. The Morgan fingerprint density at radius 2 is 2.05 bits per heavy atom. The molecule has 6 nitrogen and oxygen atoms in total. The summed E-state index contributed by atoms with van der Waals surface area (Å²) >= 11 is 0. The fourth-order valence-electron chi connectivity index (χ4n) is 1.73. The van der Waals surface area contributed by atoms with E-state index < -0.39 is 0 Å². The Kier molecular flexibility index (Phi) is 4.20. The summed E-state index contributed by atoms with van der Waals surface area (Å²) in [5, 5.41) is 8.43. The summed E-state index contributed by atoms with van der Waals surface area (Å²) in [6.45, 7) is 11.1. The van der Waals surface area contributed by atoms with Crippen LogP contribution in [0, 0.1) is 5.92 Å². The Labute approximate surface area is 119 Å². The van der Waals surface area contributed by atoms with E-state index in [1.54, 1.807) is 11.0 Å². The molecule has 0 aliphatic rings. The highest BCUT2D eigenvalue weighted by Crippen LogP contribution is 2.17. The first-order valence-electron chi connectivity index (χ1n) is 7.06. The molecule has 2 aromatic heterocycles. The summed E-state index contributed by atoms with van der Waals surface area (Å²) in [5.41, 5.74) is -0.0531. The Bertz CT molecular complexity index is 550. The molecular formula is C14H23N5O. The van der Waals surface area contributed by atoms with Crippen molar-refractivity contribution in [1.82, 2.24) is 24.9 Å². The molecule has 0 atom stereocenters. The van der Waals surface area contributed by atoms with Gasteiger partial charge in [-0.1, -0.05) is 39.8 Å². The molecule has 0 radical (unpaired) electrons. The van der Waals surface area contributed by atoms with Gasteiger partial charge in [-0.2, -0.15) is 10.1 Å². The van der Waals surface area contributed by atoms with Gasteiger partial charge in [-0.15, -0.1) is 0 Å². The summed E-state index contributed by atoms with van der Waals surface area (Å²) in [5.74, 6) is 2.80. The van der Waals surface area contributed by atoms with E-state index in [-0.39, 0.29) is 5.41 Å². The summed E-state index contributed by atoms with van der Waals surface area (Å²) in [7, 11) is 0. The van der Waals surface area contributed by atoms with Crippen LogP contribution in [0.5, 0.6) is 0 Å². The van der Waals surface area contributed by atoms with Crippen LogP contribution in [0.1, 0.15) is 58.6 Å². The van der Waals surface area contributed by atoms with Crippen LogP contribution in [0.3, 0.4) is 0 Å². The van der Waals surface area contributed by atoms with Crippen molar-refractivity contribution in [1.29, 1.82) is 0 Å². The van der Waals surface area contributed by atoms with E-state index in [0.717, 1.165) is 24.5 Å². The van der Waals surface area contributed by atoms with Crippen molar-refractivity contribution in [3.8, 4) is 0 Å². The first-order chi connectivity index (χ1) is 9.34. The van der Waals surface area contributed by atoms with Crippen molar-refractivity contribution in [2.24, 2.45) is 5.92 Å². The molecule has 0 fully saturated rings. The molecule has 20 heavy (non-hydrogen) atoms. The summed E-state index contributed by atoms with van der Waals surface area (Å²) < 4.78 is 6.98. The fraction of sp³-hybridized carbons (Fsp3) is 0.714. The highest BCUT2D eigenvalue weighted by molar-refractivity contribution is 4.99. The molecule has 0 saturated carbocycles. The SMILES string of the molecule is CC(C)CCc1noc(Cn2cnc(C(C)(C)C)n2)n1. The third kappa shape index (κ3) is 3.88. The monoisotopic (exact) mass is 277 g/mol. The second-order valence-electron chi connectivity index (χ2n) is 6.55. The highest BCUT2D eigenvalue weighted by Gasteiger charge is 2.19. The molecule has 0 unspecified atom stereocenters. The molecule has 0 aliphatic carbocycles. The number of nitrogens with zero attached hydrogens (tertiary/aromatic N) is 5. The highest BCUT2D eigenvalue weighted by atomic mass is 16.5. The van der Waals surface area contributed by atoms with Gasteiger partial charge in [0.15, 0.2) is 11.6 Å². The Balaban J connectivity index is 1.98. The van der Waals surface area contributed by atoms with Crippen LogP contribution in [0.4, 0.5) is 0 Å². The molecule has 0 saturated heterocycles. The number of hydrogen-bond donors (Lipinski definition) is 0. The first kappa shape index (κ1) is 14.7. The van der Waals surface area contributed by atoms with E-state index in [1.165, 1.54) is 0 Å². The molecule has 2 heterocycles. The van der Waals surface area contributed by atoms with Crippen molar-refractivity contribution < 1.29 is 4.52 Å². The molecule has 2 rings (SSSR count). The number of aryl methyl sites for hydroxylation is 1. The first-order valence-corrected chi connectivity index (χ1v) is 7.06. The molecule has 0 N–H and O–H groups in total. The number of rotatable bonds is 5. The molecule has 0 bridgehead atoms. The third-order valence-corrected chi connectivity index (χ3v) is 2.96. The lowest BCUT2D eigenvalue weighted by Gasteiger charge is -2.12. The van der Waals surface area contributed by atoms with Gasteiger partial charge in [-0.05, 0) is 12.3 Å². The normalized spacial score (nSPS) is 12.3. The predicted molar refractivity (Wildman–Crippen MR) is 75.3 cm³/mol. The van der Waals surface area contributed by atoms with Crippen LogP contribution < -0.4 is 0 Å². The maximum atomic E-state index is 5.25. The van der Waals surface area contributed by atoms with Crippen LogP contribution >= 0.6 is 0 Å². The van der Waals surface area contributed by atoms with Crippen LogP contribution in [0.2, 0.25) is 0 Å². The van der Waals surface area contributed by atoms with E-state index in [4.69, 9.17) is 4.52 Å². The van der Waals surface area contributed by atoms with Crippen LogP contribution in [0.15, 0.2) is 10.9 Å². The van der Waals surface area contributed by atoms with Gasteiger partial charge in [0, 0.05) is 11.8 Å². The van der Waals surface area contributed by atoms with Gasteiger partial charge in [0.1, 0.15) is 12.9 Å². The average Bonchev–Trinajstić information content (AvgIpc) is 2.95. The van der Waals surface area contributed by atoms with Gasteiger partial charge >= 0.3 is 0 Å². The largest absolute Gasteiger partial charge is 0.337 e. The predicted octanol–water partition coefficient (Wildman–Crippen LogP) is 2.60. The summed E-state index contributed by atoms with van der Waals surface area (Å²) in [6, 6.07) is 0. The van der Waals surface area contributed by atoms with E-state index in [2.05, 4.69) is 54.8 Å². The molecular weight excluding hydrogens is 254 g/mol. The van der Waals surface area contributed by atoms with Gasteiger partial charge in [0.05, 0.1) is 0 Å². The zero-order valence-electron chi connectivity index (χ0n) is 12.9. The van der Waals surface area contributed by atoms with Crippen molar-refractivity contribution >= 4 is 0 Å². The Morgan fingerprint density at radius 3 is 2.65 bits per heavy atom. The van der Waals surface area contributed by atoms with Crippen molar-refractivity contribution in [2.45, 2.75) is 59.4 Å². The van der Waals surface area contributed by atoms with Crippen molar-refractivity contribution in [2.75, 3.05) is 0 Å². The quantitative estimate of drug-likeness (QED) is 0.840. The number of aromatic nitrogens is 5. The van der Waals surface area contributed by atoms with Crippen molar-refractivity contribution in [3.63, 3.8) is 0 Å². The lowest BCUT2D eigenvalue weighted by molar-refractivity contribution is 0.359. The third-order valence-electron chi connectivity index (χ3n) is 2.96. The lowest BCUT2D eigenvalue weighted by atomic mass is 9.96. The number of hydrogen-bond acceptors (Lipinski definition) is 5. The van der Waals surface area contributed by atoms with Gasteiger partial charge in [-0.25, -0.2) is 9.67 Å². The smallest absolute Gasteiger partial charge is 0.248 e. The Morgan fingerprint density at radius 1 is 1.30 bits per heavy atom. The van der Waals surface area contributed by atoms with Crippen LogP contribution in [-0.2, 0) is 18.4 Å². The van der Waals surface area contributed by atoms with E-state index >= 15 is 0 Å². The minimum Gasteiger partial charge on any atom is -0.337 e. The summed E-state index contributed by atoms with van der Waals surface area (Å²) in [6.07, 6.45) is 3.63. The van der Waals surface area contributed by atoms with E-state index in [9.17, 15) is 0 Å². The molecule has 110 valence electrons. The maximum Gasteiger partial charge on any atom is 0.248 e. The maximum absolute atomic E-state index is 5.25. The standard InChI is InChI=1S/C14H23N5O/c1-10(2)6-7-11-16-12(20-18-11)8-19-9-15-13(17-19)14(3,4)5/h9-10H,6-8H2,1-5H3. The van der Waals surface area contributed by atoms with Gasteiger partial charge in [0.25, 0.3) is 0 Å². The fourth-order valence-corrected chi connectivity index (χ4v) is 1.73. The zero-order chi connectivity index (χ0) is 14.8. The molecule has 0 spiro atoms. The molecule has 6 heteroatoms. The molecule has 0 aliphatic heterocycles. The van der Waals surface area contributed by atoms with Gasteiger partial charge < -0.3 is 4.52 Å². The molecule has 0 aromatic carbocycles. The summed E-state index contributed by atoms with van der Waals surface area (Å²) in [4.78, 5) is 8.69. The van der Waals surface area contributed by atoms with E-state index in [1.807, 2.05) is 0 Å². The van der Waals surface area contributed by atoms with Gasteiger partial charge in [0.2, 0.25) is 5.89 Å². The molecule has 2 aromatic rings. The molecule has 0 amide bonds. The van der Waals surface area contributed by atoms with Crippen molar-refractivity contribution in [3.05, 3.63) is 23.9 Å². The van der Waals surface area contributed by atoms with Crippen LogP contribution in [0.25, 0.3) is 0 Å². The second kappa shape index (κ2) is 5.73. The van der Waals surface area contributed by atoms with E-state index in [0.29, 0.717) is 18.4 Å². The topological polar surface area (TPSA) is 69.6 Å². The van der Waals surface area contributed by atoms with Gasteiger partial charge in [-0.3, -0.25) is 0 Å². The minimum absolute atomic E-state index is 0.0531. The minimum atomic E-state index is -0.0531. The second-order valence-corrected chi connectivity index (χ2v) is 6.55.